The molecule has 1 aromatic rings. The van der Waals surface area contributed by atoms with Crippen molar-refractivity contribution in [3.63, 3.8) is 0 Å². The summed E-state index contributed by atoms with van der Waals surface area (Å²) in [7, 11) is 0. The summed E-state index contributed by atoms with van der Waals surface area (Å²) in [5.74, 6) is 1.58. The van der Waals surface area contributed by atoms with Crippen LogP contribution >= 0.6 is 11.6 Å². The zero-order valence-corrected chi connectivity index (χ0v) is 10.4. The second-order valence-corrected chi connectivity index (χ2v) is 4.00. The highest BCUT2D eigenvalue weighted by molar-refractivity contribution is 6.33. The van der Waals surface area contributed by atoms with Crippen LogP contribution < -0.4 is 4.90 Å². The van der Waals surface area contributed by atoms with E-state index in [2.05, 4.69) is 5.92 Å². The second kappa shape index (κ2) is 6.17. The van der Waals surface area contributed by atoms with Crippen molar-refractivity contribution in [2.45, 2.75) is 13.3 Å². The van der Waals surface area contributed by atoms with Gasteiger partial charge in [0.1, 0.15) is 0 Å². The Bertz CT molecular complexity index is 451. The van der Waals surface area contributed by atoms with Gasteiger partial charge in [-0.25, -0.2) is 4.79 Å². The van der Waals surface area contributed by atoms with Crippen molar-refractivity contribution >= 4 is 23.3 Å². The van der Waals surface area contributed by atoms with Gasteiger partial charge in [0, 0.05) is 6.54 Å². The Morgan fingerprint density at radius 1 is 1.59 bits per heavy atom. The minimum Gasteiger partial charge on any atom is -0.478 e. The largest absolute Gasteiger partial charge is 0.478 e. The number of anilines is 1. The van der Waals surface area contributed by atoms with Crippen LogP contribution in [0.2, 0.25) is 5.02 Å². The van der Waals surface area contributed by atoms with Crippen molar-refractivity contribution in [1.82, 2.24) is 0 Å². The van der Waals surface area contributed by atoms with Crippen molar-refractivity contribution in [2.75, 3.05) is 18.0 Å². The summed E-state index contributed by atoms with van der Waals surface area (Å²) in [5, 5.41) is 9.25. The van der Waals surface area contributed by atoms with Crippen LogP contribution in [0.1, 0.15) is 23.7 Å². The molecule has 0 spiro atoms. The molecule has 0 bridgehead atoms. The monoisotopic (exact) mass is 251 g/mol. The number of aromatic carboxylic acids is 1. The highest BCUT2D eigenvalue weighted by Crippen LogP contribution is 2.27. The van der Waals surface area contributed by atoms with E-state index in [0.29, 0.717) is 11.6 Å². The van der Waals surface area contributed by atoms with E-state index in [1.165, 1.54) is 12.1 Å². The van der Waals surface area contributed by atoms with Crippen LogP contribution in [-0.2, 0) is 0 Å². The molecule has 0 radical (unpaired) electrons. The molecule has 0 unspecified atom stereocenters. The van der Waals surface area contributed by atoms with Gasteiger partial charge in [0.05, 0.1) is 22.8 Å². The molecule has 0 aliphatic rings. The standard InChI is InChI=1S/C13H14ClNO2/c1-3-7-15(8-4-2)12-6-5-10(13(16)17)9-11(12)14/h1,5-6,9H,4,7-8H2,2H3,(H,16,17). The van der Waals surface area contributed by atoms with Crippen LogP contribution in [0, 0.1) is 12.3 Å². The lowest BCUT2D eigenvalue weighted by Gasteiger charge is -2.23. The third kappa shape index (κ3) is 3.40. The van der Waals surface area contributed by atoms with Crippen LogP contribution in [0.15, 0.2) is 18.2 Å². The second-order valence-electron chi connectivity index (χ2n) is 3.60. The normalized spacial score (nSPS) is 9.71. The number of nitrogens with zero attached hydrogens (tertiary/aromatic N) is 1. The summed E-state index contributed by atoms with van der Waals surface area (Å²) in [6.07, 6.45) is 6.24. The van der Waals surface area contributed by atoms with Gasteiger partial charge < -0.3 is 10.0 Å². The molecule has 17 heavy (non-hydrogen) atoms. The first kappa shape index (κ1) is 13.4. The number of benzene rings is 1. The number of rotatable bonds is 5. The first-order chi connectivity index (χ1) is 8.10. The lowest BCUT2D eigenvalue weighted by molar-refractivity contribution is 0.0697. The number of terminal acetylenes is 1. The quantitative estimate of drug-likeness (QED) is 0.818. The molecule has 0 saturated heterocycles. The van der Waals surface area contributed by atoms with Crippen LogP contribution in [-0.4, -0.2) is 24.2 Å². The van der Waals surface area contributed by atoms with E-state index in [4.69, 9.17) is 23.1 Å². The number of hydrogen-bond donors (Lipinski definition) is 1. The average Bonchev–Trinajstić information content (AvgIpc) is 2.28. The van der Waals surface area contributed by atoms with Gasteiger partial charge in [-0.1, -0.05) is 24.4 Å². The molecule has 90 valence electrons. The minimum absolute atomic E-state index is 0.177. The van der Waals surface area contributed by atoms with Gasteiger partial charge >= 0.3 is 5.97 Å². The Labute approximate surface area is 106 Å². The number of hydrogen-bond acceptors (Lipinski definition) is 2. The van der Waals surface area contributed by atoms with E-state index >= 15 is 0 Å². The molecule has 0 amide bonds. The van der Waals surface area contributed by atoms with Crippen molar-refractivity contribution in [3.05, 3.63) is 28.8 Å². The predicted octanol–water partition coefficient (Wildman–Crippen LogP) is 2.89. The fraction of sp³-hybridized carbons (Fsp3) is 0.308. The Hall–Kier alpha value is -1.66. The number of carboxylic acids is 1. The Kier molecular flexibility index (Phi) is 4.86. The maximum atomic E-state index is 10.8. The van der Waals surface area contributed by atoms with Crippen molar-refractivity contribution in [2.24, 2.45) is 0 Å². The summed E-state index contributed by atoms with van der Waals surface area (Å²) >= 11 is 6.07. The van der Waals surface area contributed by atoms with E-state index in [1.807, 2.05) is 11.8 Å². The zero-order valence-electron chi connectivity index (χ0n) is 9.61. The van der Waals surface area contributed by atoms with E-state index in [0.717, 1.165) is 18.7 Å². The molecule has 4 heteroatoms. The topological polar surface area (TPSA) is 40.5 Å². The fourth-order valence-electron chi connectivity index (χ4n) is 1.56. The molecule has 0 fully saturated rings. The number of halogens is 1. The van der Waals surface area contributed by atoms with Crippen molar-refractivity contribution in [3.8, 4) is 12.3 Å². The molecular weight excluding hydrogens is 238 g/mol. The summed E-state index contributed by atoms with van der Waals surface area (Å²) in [4.78, 5) is 12.7. The molecule has 0 heterocycles. The Balaban J connectivity index is 3.04. The SMILES string of the molecule is C#CCN(CCC)c1ccc(C(=O)O)cc1Cl. The van der Waals surface area contributed by atoms with E-state index < -0.39 is 5.97 Å². The zero-order chi connectivity index (χ0) is 12.8. The third-order valence-corrected chi connectivity index (χ3v) is 2.61. The first-order valence-corrected chi connectivity index (χ1v) is 5.69. The fourth-order valence-corrected chi connectivity index (χ4v) is 1.86. The van der Waals surface area contributed by atoms with Gasteiger partial charge in [-0.05, 0) is 24.6 Å². The van der Waals surface area contributed by atoms with Gasteiger partial charge in [-0.2, -0.15) is 0 Å². The molecule has 3 nitrogen and oxygen atoms in total. The number of carbonyl (C=O) groups is 1. The number of carboxylic acid groups (broad SMARTS) is 1. The molecule has 1 N–H and O–H groups in total. The van der Waals surface area contributed by atoms with Crippen LogP contribution in [0.5, 0.6) is 0 Å². The minimum atomic E-state index is -0.988. The molecular formula is C13H14ClNO2. The highest BCUT2D eigenvalue weighted by Gasteiger charge is 2.11. The summed E-state index contributed by atoms with van der Waals surface area (Å²) in [6.45, 7) is 3.29. The Morgan fingerprint density at radius 2 is 2.29 bits per heavy atom. The molecule has 0 aliphatic heterocycles. The first-order valence-electron chi connectivity index (χ1n) is 5.31. The van der Waals surface area contributed by atoms with Crippen LogP contribution in [0.3, 0.4) is 0 Å². The molecule has 1 rings (SSSR count). The van der Waals surface area contributed by atoms with Crippen LogP contribution in [0.4, 0.5) is 5.69 Å². The Morgan fingerprint density at radius 3 is 2.76 bits per heavy atom. The maximum absolute atomic E-state index is 10.8. The van der Waals surface area contributed by atoms with E-state index in [9.17, 15) is 4.79 Å². The van der Waals surface area contributed by atoms with Gasteiger partial charge in [0.25, 0.3) is 0 Å². The van der Waals surface area contributed by atoms with E-state index in [1.54, 1.807) is 6.07 Å². The van der Waals surface area contributed by atoms with Gasteiger partial charge in [0.2, 0.25) is 0 Å². The molecule has 0 aliphatic carbocycles. The average molecular weight is 252 g/mol. The van der Waals surface area contributed by atoms with Gasteiger partial charge in [-0.15, -0.1) is 6.42 Å². The van der Waals surface area contributed by atoms with Crippen LogP contribution in [0.25, 0.3) is 0 Å². The highest BCUT2D eigenvalue weighted by atomic mass is 35.5. The van der Waals surface area contributed by atoms with E-state index in [-0.39, 0.29) is 5.56 Å². The summed E-state index contributed by atoms with van der Waals surface area (Å²) in [6, 6.07) is 4.67. The van der Waals surface area contributed by atoms with Gasteiger partial charge in [-0.3, -0.25) is 0 Å². The molecule has 0 aromatic heterocycles. The maximum Gasteiger partial charge on any atom is 0.335 e. The van der Waals surface area contributed by atoms with Crippen molar-refractivity contribution < 1.29 is 9.90 Å². The summed E-state index contributed by atoms with van der Waals surface area (Å²) < 4.78 is 0. The lowest BCUT2D eigenvalue weighted by atomic mass is 10.2. The predicted molar refractivity (Wildman–Crippen MR) is 69.7 cm³/mol. The molecule has 0 atom stereocenters. The van der Waals surface area contributed by atoms with Gasteiger partial charge in [0.15, 0.2) is 0 Å². The third-order valence-electron chi connectivity index (χ3n) is 2.31. The lowest BCUT2D eigenvalue weighted by Crippen LogP contribution is -2.24. The summed E-state index contributed by atoms with van der Waals surface area (Å²) in [5.41, 5.74) is 0.951. The van der Waals surface area contributed by atoms with Crippen molar-refractivity contribution in [1.29, 1.82) is 0 Å². The smallest absolute Gasteiger partial charge is 0.335 e. The molecule has 0 saturated carbocycles. The molecule has 1 aromatic carbocycles.